The zero-order valence-corrected chi connectivity index (χ0v) is 17.9. The van der Waals surface area contributed by atoms with Crippen molar-refractivity contribution in [2.45, 2.75) is 59.0 Å². The average molecular weight is 373 g/mol. The summed E-state index contributed by atoms with van der Waals surface area (Å²) in [4.78, 5) is 11.2. The minimum Gasteiger partial charge on any atom is -0.493 e. The highest BCUT2D eigenvalue weighted by Crippen LogP contribution is 2.24. The quantitative estimate of drug-likeness (QED) is 0.165. The van der Waals surface area contributed by atoms with Gasteiger partial charge in [-0.3, -0.25) is 4.79 Å². The summed E-state index contributed by atoms with van der Waals surface area (Å²) in [7, 11) is -1.08. The Balaban J connectivity index is 2.86. The lowest BCUT2D eigenvalue weighted by Crippen LogP contribution is -2.17. The van der Waals surface area contributed by atoms with Crippen LogP contribution < -0.4 is 0 Å². The van der Waals surface area contributed by atoms with Crippen LogP contribution in [-0.4, -0.2) is 14.0 Å². The highest BCUT2D eigenvalue weighted by molar-refractivity contribution is 6.76. The van der Waals surface area contributed by atoms with Gasteiger partial charge in [-0.05, 0) is 31.5 Å². The molecule has 26 heavy (non-hydrogen) atoms. The Labute approximate surface area is 159 Å². The fourth-order valence-corrected chi connectivity index (χ4v) is 3.23. The van der Waals surface area contributed by atoms with Crippen molar-refractivity contribution in [1.29, 1.82) is 0 Å². The standard InChI is InChI=1S/C22H32O3Si/c1-7-21(25-19(3)23)18(2)17-24-22(20-13-9-8-10-14-20)15-11-12-16-26(4,5)6/h7-14,17,22H,15-16H2,1-6H3/b12-11-,18-17+,21-7-/t22-/m1/s1. The molecule has 0 fully saturated rings. The number of allylic oxidation sites excluding steroid dienone is 3. The van der Waals surface area contributed by atoms with Crippen LogP contribution in [0.2, 0.25) is 25.7 Å². The summed E-state index contributed by atoms with van der Waals surface area (Å²) in [6.45, 7) is 12.2. The zero-order valence-electron chi connectivity index (χ0n) is 16.9. The van der Waals surface area contributed by atoms with Crippen molar-refractivity contribution in [3.05, 3.63) is 71.7 Å². The molecule has 0 spiro atoms. The van der Waals surface area contributed by atoms with Crippen LogP contribution >= 0.6 is 0 Å². The van der Waals surface area contributed by atoms with Gasteiger partial charge in [0, 0.05) is 27.0 Å². The van der Waals surface area contributed by atoms with Crippen molar-refractivity contribution in [3.63, 3.8) is 0 Å². The molecule has 3 nitrogen and oxygen atoms in total. The van der Waals surface area contributed by atoms with Gasteiger partial charge in [-0.15, -0.1) is 0 Å². The molecule has 1 atom stereocenters. The molecule has 1 aromatic carbocycles. The molecule has 0 unspecified atom stereocenters. The SMILES string of the molecule is C/C=C(OC(C)=O)/C(C)=C/O[C@H](C/C=C\C[Si](C)(C)C)c1ccccc1. The molecule has 0 amide bonds. The van der Waals surface area contributed by atoms with Gasteiger partial charge >= 0.3 is 5.97 Å². The average Bonchev–Trinajstić information content (AvgIpc) is 2.58. The van der Waals surface area contributed by atoms with E-state index in [1.54, 1.807) is 12.3 Å². The van der Waals surface area contributed by atoms with Crippen molar-refractivity contribution < 1.29 is 14.3 Å². The highest BCUT2D eigenvalue weighted by atomic mass is 28.3. The van der Waals surface area contributed by atoms with E-state index in [1.807, 2.05) is 32.0 Å². The predicted octanol–water partition coefficient (Wildman–Crippen LogP) is 6.40. The Morgan fingerprint density at radius 1 is 1.12 bits per heavy atom. The van der Waals surface area contributed by atoms with Crippen LogP contribution in [0.25, 0.3) is 0 Å². The molecule has 0 heterocycles. The van der Waals surface area contributed by atoms with E-state index < -0.39 is 8.07 Å². The van der Waals surface area contributed by atoms with Crippen LogP contribution in [0.3, 0.4) is 0 Å². The van der Waals surface area contributed by atoms with Gasteiger partial charge in [0.15, 0.2) is 0 Å². The van der Waals surface area contributed by atoms with Gasteiger partial charge in [-0.2, -0.15) is 0 Å². The minimum absolute atomic E-state index is 0.0699. The third kappa shape index (κ3) is 8.86. The molecule has 0 aliphatic carbocycles. The van der Waals surface area contributed by atoms with E-state index in [9.17, 15) is 4.79 Å². The summed E-state index contributed by atoms with van der Waals surface area (Å²) in [6, 6.07) is 11.3. The first-order valence-electron chi connectivity index (χ1n) is 9.10. The van der Waals surface area contributed by atoms with E-state index in [0.29, 0.717) is 5.76 Å². The first-order chi connectivity index (χ1) is 12.2. The minimum atomic E-state index is -1.08. The van der Waals surface area contributed by atoms with Gasteiger partial charge in [0.2, 0.25) is 0 Å². The molecule has 4 heteroatoms. The number of carbonyl (C=O) groups is 1. The topological polar surface area (TPSA) is 35.5 Å². The largest absolute Gasteiger partial charge is 0.493 e. The van der Waals surface area contributed by atoms with E-state index in [-0.39, 0.29) is 12.1 Å². The number of hydrogen-bond acceptors (Lipinski definition) is 3. The first kappa shape index (κ1) is 22.0. The number of carbonyl (C=O) groups excluding carboxylic acids is 1. The molecule has 0 bridgehead atoms. The Morgan fingerprint density at radius 2 is 1.77 bits per heavy atom. The number of benzene rings is 1. The molecule has 0 aliphatic heterocycles. The molecule has 1 rings (SSSR count). The number of esters is 1. The summed E-state index contributed by atoms with van der Waals surface area (Å²) in [5, 5.41) is 0. The van der Waals surface area contributed by atoms with Gasteiger partial charge in [-0.1, -0.05) is 62.1 Å². The summed E-state index contributed by atoms with van der Waals surface area (Å²) in [5.41, 5.74) is 1.92. The van der Waals surface area contributed by atoms with E-state index in [4.69, 9.17) is 9.47 Å². The van der Waals surface area contributed by atoms with Gasteiger partial charge < -0.3 is 9.47 Å². The van der Waals surface area contributed by atoms with E-state index in [2.05, 4.69) is 43.9 Å². The van der Waals surface area contributed by atoms with Crippen LogP contribution in [0, 0.1) is 0 Å². The molecule has 0 aromatic heterocycles. The molecule has 1 aromatic rings. The maximum Gasteiger partial charge on any atom is 0.308 e. The number of rotatable bonds is 9. The second-order valence-electron chi connectivity index (χ2n) is 7.55. The number of hydrogen-bond donors (Lipinski definition) is 0. The maximum absolute atomic E-state index is 11.2. The molecule has 0 saturated carbocycles. The summed E-state index contributed by atoms with van der Waals surface area (Å²) in [5.74, 6) is 0.193. The van der Waals surface area contributed by atoms with Crippen LogP contribution in [0.1, 0.15) is 38.9 Å². The van der Waals surface area contributed by atoms with Gasteiger partial charge in [0.05, 0.1) is 6.26 Å². The van der Waals surface area contributed by atoms with Crippen LogP contribution in [0.4, 0.5) is 0 Å². The monoisotopic (exact) mass is 372 g/mol. The van der Waals surface area contributed by atoms with Crippen LogP contribution in [0.15, 0.2) is 66.2 Å². The lowest BCUT2D eigenvalue weighted by Gasteiger charge is -2.17. The normalized spacial score (nSPS) is 14.4. The van der Waals surface area contributed by atoms with Crippen molar-refractivity contribution >= 4 is 14.0 Å². The lowest BCUT2D eigenvalue weighted by molar-refractivity contribution is -0.136. The maximum atomic E-state index is 11.2. The predicted molar refractivity (Wildman–Crippen MR) is 111 cm³/mol. The summed E-state index contributed by atoms with van der Waals surface area (Å²) in [6.07, 6.45) is 8.67. The molecular weight excluding hydrogens is 340 g/mol. The molecule has 142 valence electrons. The van der Waals surface area contributed by atoms with Crippen LogP contribution in [0.5, 0.6) is 0 Å². The zero-order chi connectivity index (χ0) is 19.6. The molecule has 0 N–H and O–H groups in total. The third-order valence-electron chi connectivity index (χ3n) is 3.73. The fourth-order valence-electron chi connectivity index (χ4n) is 2.36. The Kier molecular flexibility index (Phi) is 9.14. The van der Waals surface area contributed by atoms with Gasteiger partial charge in [0.1, 0.15) is 11.9 Å². The fraction of sp³-hybridized carbons (Fsp3) is 0.409. The second kappa shape index (κ2) is 10.8. The highest BCUT2D eigenvalue weighted by Gasteiger charge is 2.13. The van der Waals surface area contributed by atoms with E-state index in [1.165, 1.54) is 13.0 Å². The van der Waals surface area contributed by atoms with Crippen molar-refractivity contribution in [2.24, 2.45) is 0 Å². The van der Waals surface area contributed by atoms with Crippen molar-refractivity contribution in [1.82, 2.24) is 0 Å². The third-order valence-corrected chi connectivity index (χ3v) is 5.19. The van der Waals surface area contributed by atoms with Crippen LogP contribution in [-0.2, 0) is 14.3 Å². The van der Waals surface area contributed by atoms with Crippen molar-refractivity contribution in [3.8, 4) is 0 Å². The summed E-state index contributed by atoms with van der Waals surface area (Å²) >= 11 is 0. The smallest absolute Gasteiger partial charge is 0.308 e. The Morgan fingerprint density at radius 3 is 2.31 bits per heavy atom. The van der Waals surface area contributed by atoms with E-state index >= 15 is 0 Å². The van der Waals surface area contributed by atoms with Crippen molar-refractivity contribution in [2.75, 3.05) is 0 Å². The summed E-state index contributed by atoms with van der Waals surface area (Å²) < 4.78 is 11.3. The second-order valence-corrected chi connectivity index (χ2v) is 13.1. The lowest BCUT2D eigenvalue weighted by atomic mass is 10.1. The van der Waals surface area contributed by atoms with Gasteiger partial charge in [-0.25, -0.2) is 0 Å². The number of ether oxygens (including phenoxy) is 2. The first-order valence-corrected chi connectivity index (χ1v) is 12.8. The Hall–Kier alpha value is -2.07. The van der Waals surface area contributed by atoms with Gasteiger partial charge in [0.25, 0.3) is 0 Å². The van der Waals surface area contributed by atoms with E-state index in [0.717, 1.165) is 17.6 Å². The molecule has 0 saturated heterocycles. The molecule has 0 radical (unpaired) electrons. The molecule has 0 aliphatic rings. The Bertz CT molecular complexity index is 652. The molecular formula is C22H32O3Si.